The first-order valence-corrected chi connectivity index (χ1v) is 10.4. The predicted molar refractivity (Wildman–Crippen MR) is 104 cm³/mol. The average Bonchev–Trinajstić information content (AvgIpc) is 2.67. The maximum atomic E-state index is 14.0. The summed E-state index contributed by atoms with van der Waals surface area (Å²) in [5.74, 6) is -0.150. The number of halogens is 2. The van der Waals surface area contributed by atoms with E-state index in [1.807, 2.05) is 0 Å². The van der Waals surface area contributed by atoms with Crippen molar-refractivity contribution in [3.05, 3.63) is 34.6 Å². The lowest BCUT2D eigenvalue weighted by atomic mass is 9.86. The van der Waals surface area contributed by atoms with E-state index in [4.69, 9.17) is 11.6 Å². The fourth-order valence-electron chi connectivity index (χ4n) is 4.20. The van der Waals surface area contributed by atoms with Crippen molar-refractivity contribution in [1.82, 2.24) is 10.2 Å². The third-order valence-electron chi connectivity index (χ3n) is 5.83. The molecular formula is C21H28ClFN2O2. The van der Waals surface area contributed by atoms with E-state index in [2.05, 4.69) is 5.32 Å². The van der Waals surface area contributed by atoms with Gasteiger partial charge in [0.2, 0.25) is 5.91 Å². The van der Waals surface area contributed by atoms with Crippen molar-refractivity contribution >= 4 is 23.4 Å². The standard InChI is InChI=1S/C21H28ClFN2O2/c22-17-7-4-8-18(23)20(17)21(27)25-13-11-16(12-14-25)24-19(26)10-9-15-5-2-1-3-6-15/h4,7-8,15-16H,1-3,5-6,9-14H2,(H,24,26). The Morgan fingerprint density at radius 1 is 1.11 bits per heavy atom. The van der Waals surface area contributed by atoms with E-state index in [1.165, 1.54) is 50.3 Å². The van der Waals surface area contributed by atoms with E-state index in [1.54, 1.807) is 4.90 Å². The van der Waals surface area contributed by atoms with E-state index < -0.39 is 5.82 Å². The molecule has 1 aromatic rings. The van der Waals surface area contributed by atoms with Crippen LogP contribution in [0.5, 0.6) is 0 Å². The SMILES string of the molecule is O=C(CCC1CCCCC1)NC1CCN(C(=O)c2c(F)cccc2Cl)CC1. The summed E-state index contributed by atoms with van der Waals surface area (Å²) in [5.41, 5.74) is -0.0610. The van der Waals surface area contributed by atoms with Crippen molar-refractivity contribution in [3.63, 3.8) is 0 Å². The van der Waals surface area contributed by atoms with Gasteiger partial charge < -0.3 is 10.2 Å². The lowest BCUT2D eigenvalue weighted by molar-refractivity contribution is -0.122. The maximum absolute atomic E-state index is 14.0. The lowest BCUT2D eigenvalue weighted by Gasteiger charge is -2.32. The number of carbonyl (C=O) groups excluding carboxylic acids is 2. The highest BCUT2D eigenvalue weighted by molar-refractivity contribution is 6.33. The Hall–Kier alpha value is -1.62. The molecule has 0 unspecified atom stereocenters. The number of amides is 2. The summed E-state index contributed by atoms with van der Waals surface area (Å²) in [5, 5.41) is 3.24. The molecule has 0 spiro atoms. The van der Waals surface area contributed by atoms with Crippen molar-refractivity contribution in [2.45, 2.75) is 63.8 Å². The minimum absolute atomic E-state index is 0.0610. The topological polar surface area (TPSA) is 49.4 Å². The average molecular weight is 395 g/mol. The van der Waals surface area contributed by atoms with Crippen LogP contribution in [-0.2, 0) is 4.79 Å². The second kappa shape index (κ2) is 9.54. The summed E-state index contributed by atoms with van der Waals surface area (Å²) in [7, 11) is 0. The fraction of sp³-hybridized carbons (Fsp3) is 0.619. The van der Waals surface area contributed by atoms with Crippen molar-refractivity contribution in [2.24, 2.45) is 5.92 Å². The molecule has 2 amide bonds. The van der Waals surface area contributed by atoms with Gasteiger partial charge in [0.05, 0.1) is 10.6 Å². The van der Waals surface area contributed by atoms with Crippen molar-refractivity contribution in [1.29, 1.82) is 0 Å². The zero-order valence-corrected chi connectivity index (χ0v) is 16.4. The number of benzene rings is 1. The molecule has 1 heterocycles. The van der Waals surface area contributed by atoms with Crippen LogP contribution < -0.4 is 5.32 Å². The van der Waals surface area contributed by atoms with Gasteiger partial charge in [0.15, 0.2) is 0 Å². The molecule has 2 aliphatic rings. The molecule has 1 aliphatic carbocycles. The molecule has 4 nitrogen and oxygen atoms in total. The van der Waals surface area contributed by atoms with Crippen LogP contribution in [0.15, 0.2) is 18.2 Å². The summed E-state index contributed by atoms with van der Waals surface area (Å²) in [6.45, 7) is 0.994. The lowest BCUT2D eigenvalue weighted by Crippen LogP contribution is -2.46. The Kier molecular flexibility index (Phi) is 7.11. The maximum Gasteiger partial charge on any atom is 0.258 e. The van der Waals surface area contributed by atoms with Crippen LogP contribution in [0.1, 0.15) is 68.1 Å². The highest BCUT2D eigenvalue weighted by atomic mass is 35.5. The molecule has 0 aromatic heterocycles. The van der Waals surface area contributed by atoms with Crippen molar-refractivity contribution in [3.8, 4) is 0 Å². The van der Waals surface area contributed by atoms with E-state index in [0.29, 0.717) is 38.3 Å². The minimum Gasteiger partial charge on any atom is -0.353 e. The van der Waals surface area contributed by atoms with Gasteiger partial charge in [-0.1, -0.05) is 49.8 Å². The molecule has 27 heavy (non-hydrogen) atoms. The third-order valence-corrected chi connectivity index (χ3v) is 6.14. The van der Waals surface area contributed by atoms with E-state index >= 15 is 0 Å². The molecule has 1 saturated carbocycles. The molecule has 0 bridgehead atoms. The number of hydrogen-bond donors (Lipinski definition) is 1. The number of hydrogen-bond acceptors (Lipinski definition) is 2. The number of nitrogens with zero attached hydrogens (tertiary/aromatic N) is 1. The first kappa shape index (κ1) is 20.1. The largest absolute Gasteiger partial charge is 0.353 e. The van der Waals surface area contributed by atoms with Gasteiger partial charge in [-0.05, 0) is 37.3 Å². The molecule has 1 saturated heterocycles. The van der Waals surface area contributed by atoms with Crippen molar-refractivity contribution in [2.75, 3.05) is 13.1 Å². The molecule has 1 N–H and O–H groups in total. The Morgan fingerprint density at radius 3 is 2.48 bits per heavy atom. The fourth-order valence-corrected chi connectivity index (χ4v) is 4.44. The smallest absolute Gasteiger partial charge is 0.258 e. The van der Waals surface area contributed by atoms with Crippen LogP contribution in [0.3, 0.4) is 0 Å². The summed E-state index contributed by atoms with van der Waals surface area (Å²) in [4.78, 5) is 26.4. The Bertz CT molecular complexity index is 648. The second-order valence-electron chi connectivity index (χ2n) is 7.77. The normalized spacial score (nSPS) is 19.1. The molecule has 3 rings (SSSR count). The van der Waals surface area contributed by atoms with Gasteiger partial charge in [0.1, 0.15) is 5.82 Å². The molecule has 1 aromatic carbocycles. The minimum atomic E-state index is -0.592. The number of rotatable bonds is 5. The quantitative estimate of drug-likeness (QED) is 0.795. The number of piperidine rings is 1. The number of likely N-dealkylation sites (tertiary alicyclic amines) is 1. The predicted octanol–water partition coefficient (Wildman–Crippen LogP) is 4.56. The van der Waals surface area contributed by atoms with Crippen LogP contribution in [0.25, 0.3) is 0 Å². The molecule has 2 fully saturated rings. The highest BCUT2D eigenvalue weighted by Gasteiger charge is 2.27. The van der Waals surface area contributed by atoms with Crippen LogP contribution in [0.4, 0.5) is 4.39 Å². The van der Waals surface area contributed by atoms with Gasteiger partial charge in [-0.3, -0.25) is 9.59 Å². The molecule has 6 heteroatoms. The van der Waals surface area contributed by atoms with Crippen LogP contribution in [0, 0.1) is 11.7 Å². The van der Waals surface area contributed by atoms with E-state index in [9.17, 15) is 14.0 Å². The highest BCUT2D eigenvalue weighted by Crippen LogP contribution is 2.27. The van der Waals surface area contributed by atoms with Gasteiger partial charge >= 0.3 is 0 Å². The van der Waals surface area contributed by atoms with Gasteiger partial charge in [0, 0.05) is 25.6 Å². The summed E-state index contributed by atoms with van der Waals surface area (Å²) in [6, 6.07) is 4.35. The van der Waals surface area contributed by atoms with Crippen molar-refractivity contribution < 1.29 is 14.0 Å². The Balaban J connectivity index is 1.43. The molecule has 0 radical (unpaired) electrons. The first-order valence-electron chi connectivity index (χ1n) is 10.1. The molecule has 1 aliphatic heterocycles. The summed E-state index contributed by atoms with van der Waals surface area (Å²) < 4.78 is 14.0. The van der Waals surface area contributed by atoms with Crippen LogP contribution >= 0.6 is 11.6 Å². The van der Waals surface area contributed by atoms with Gasteiger partial charge in [-0.25, -0.2) is 4.39 Å². The Labute approximate surface area is 165 Å². The zero-order chi connectivity index (χ0) is 19.2. The van der Waals surface area contributed by atoms with Crippen LogP contribution in [0.2, 0.25) is 5.02 Å². The van der Waals surface area contributed by atoms with E-state index in [0.717, 1.165) is 6.42 Å². The monoisotopic (exact) mass is 394 g/mol. The second-order valence-corrected chi connectivity index (χ2v) is 8.18. The molecular weight excluding hydrogens is 367 g/mol. The summed E-state index contributed by atoms with van der Waals surface area (Å²) >= 11 is 6.00. The third kappa shape index (κ3) is 5.44. The first-order chi connectivity index (χ1) is 13.0. The molecule has 0 atom stereocenters. The van der Waals surface area contributed by atoms with E-state index in [-0.39, 0.29) is 28.4 Å². The molecule has 148 valence electrons. The van der Waals surface area contributed by atoms with Gasteiger partial charge in [-0.15, -0.1) is 0 Å². The van der Waals surface area contributed by atoms with Gasteiger partial charge in [0.25, 0.3) is 5.91 Å². The number of nitrogens with one attached hydrogen (secondary N) is 1. The Morgan fingerprint density at radius 2 is 1.81 bits per heavy atom. The summed E-state index contributed by atoms with van der Waals surface area (Å²) in [6.07, 6.45) is 9.38. The van der Waals surface area contributed by atoms with Gasteiger partial charge in [-0.2, -0.15) is 0 Å². The zero-order valence-electron chi connectivity index (χ0n) is 15.7. The van der Waals surface area contributed by atoms with Crippen LogP contribution in [-0.4, -0.2) is 35.8 Å². The number of carbonyl (C=O) groups is 2.